The van der Waals surface area contributed by atoms with E-state index in [1.54, 1.807) is 0 Å². The number of aryl methyl sites for hydroxylation is 1. The molecule has 2 atom stereocenters. The molecule has 0 aromatic heterocycles. The van der Waals surface area contributed by atoms with Crippen molar-refractivity contribution in [3.8, 4) is 0 Å². The van der Waals surface area contributed by atoms with Gasteiger partial charge in [0.25, 0.3) is 11.8 Å². The van der Waals surface area contributed by atoms with Crippen molar-refractivity contribution >= 4 is 30.4 Å². The van der Waals surface area contributed by atoms with Crippen LogP contribution in [0, 0.1) is 0 Å². The molecule has 0 radical (unpaired) electrons. The molecule has 2 unspecified atom stereocenters. The summed E-state index contributed by atoms with van der Waals surface area (Å²) < 4.78 is 0. The molecule has 0 bridgehead atoms. The van der Waals surface area contributed by atoms with Gasteiger partial charge >= 0.3 is 0 Å². The van der Waals surface area contributed by atoms with Gasteiger partial charge in [-0.25, -0.2) is 0 Å². The summed E-state index contributed by atoms with van der Waals surface area (Å²) in [6, 6.07) is 19.1. The smallest absolute Gasteiger partial charge is 0.255 e. The Morgan fingerprint density at radius 3 is 2.03 bits per heavy atom. The van der Waals surface area contributed by atoms with Crippen LogP contribution < -0.4 is 16.4 Å². The Hall–Kier alpha value is -2.80. The number of hydrogen-bond donors (Lipinski definition) is 4. The van der Waals surface area contributed by atoms with E-state index in [-0.39, 0.29) is 6.42 Å². The minimum absolute atomic E-state index is 0.0574. The summed E-state index contributed by atoms with van der Waals surface area (Å²) in [6.45, 7) is 2.25. The van der Waals surface area contributed by atoms with Gasteiger partial charge in [0.1, 0.15) is 0 Å². The third-order valence-electron chi connectivity index (χ3n) is 5.18. The Morgan fingerprint density at radius 2 is 1.52 bits per heavy atom. The Morgan fingerprint density at radius 1 is 0.968 bits per heavy atom. The number of thiol groups is 1. The molecule has 0 saturated carbocycles. The zero-order valence-electron chi connectivity index (χ0n) is 17.8. The van der Waals surface area contributed by atoms with E-state index in [0.29, 0.717) is 25.8 Å². The van der Waals surface area contributed by atoms with Crippen molar-refractivity contribution in [2.45, 2.75) is 49.8 Å². The molecule has 3 amide bonds. The first-order chi connectivity index (χ1) is 14.9. The molecule has 31 heavy (non-hydrogen) atoms. The number of primary amides is 1. The Labute approximate surface area is 189 Å². The van der Waals surface area contributed by atoms with Gasteiger partial charge in [0.15, 0.2) is 5.54 Å². The van der Waals surface area contributed by atoms with E-state index in [1.165, 1.54) is 0 Å². The van der Waals surface area contributed by atoms with Crippen LogP contribution in [0.3, 0.4) is 0 Å². The molecule has 0 fully saturated rings. The van der Waals surface area contributed by atoms with E-state index in [1.807, 2.05) is 67.6 Å². The van der Waals surface area contributed by atoms with Crippen molar-refractivity contribution in [3.05, 3.63) is 71.8 Å². The number of amides is 3. The zero-order valence-corrected chi connectivity index (χ0v) is 18.7. The van der Waals surface area contributed by atoms with Crippen LogP contribution in [0.2, 0.25) is 0 Å². The quantitative estimate of drug-likeness (QED) is 0.301. The lowest BCUT2D eigenvalue weighted by Gasteiger charge is -2.31. The predicted octanol–water partition coefficient (Wildman–Crippen LogP) is 2.42. The summed E-state index contributed by atoms with van der Waals surface area (Å²) in [6.07, 6.45) is 2.33. The van der Waals surface area contributed by atoms with E-state index in [2.05, 4.69) is 23.3 Å². The van der Waals surface area contributed by atoms with Crippen molar-refractivity contribution in [2.75, 3.05) is 6.54 Å². The molecule has 0 aliphatic heterocycles. The molecule has 2 rings (SSSR count). The minimum Gasteiger partial charge on any atom is -0.367 e. The molecule has 0 saturated heterocycles. The number of carbonyl (C=O) groups is 3. The van der Waals surface area contributed by atoms with Gasteiger partial charge < -0.3 is 16.4 Å². The van der Waals surface area contributed by atoms with Crippen LogP contribution in [-0.4, -0.2) is 35.1 Å². The van der Waals surface area contributed by atoms with E-state index in [4.69, 9.17) is 5.73 Å². The second kappa shape index (κ2) is 12.2. The molecule has 2 aromatic carbocycles. The monoisotopic (exact) mass is 441 g/mol. The Bertz CT molecular complexity index is 861. The van der Waals surface area contributed by atoms with Crippen molar-refractivity contribution < 1.29 is 14.4 Å². The lowest BCUT2D eigenvalue weighted by Crippen LogP contribution is -2.67. The topological polar surface area (TPSA) is 101 Å². The van der Waals surface area contributed by atoms with Gasteiger partial charge in [-0.3, -0.25) is 14.4 Å². The first-order valence-electron chi connectivity index (χ1n) is 10.5. The molecule has 4 N–H and O–H groups in total. The number of carbonyl (C=O) groups excluding carboxylic acids is 3. The lowest BCUT2D eigenvalue weighted by molar-refractivity contribution is -0.142. The number of nitrogens with two attached hydrogens (primary N) is 1. The van der Waals surface area contributed by atoms with Gasteiger partial charge in [0.05, 0.1) is 5.25 Å². The van der Waals surface area contributed by atoms with E-state index in [9.17, 15) is 14.4 Å². The third kappa shape index (κ3) is 7.14. The van der Waals surface area contributed by atoms with Gasteiger partial charge in [0, 0.05) is 6.54 Å². The summed E-state index contributed by atoms with van der Waals surface area (Å²) >= 11 is 4.31. The van der Waals surface area contributed by atoms with E-state index in [0.717, 1.165) is 17.5 Å². The fraction of sp³-hybridized carbons (Fsp3) is 0.375. The molecular formula is C24H31N3O3S. The molecule has 0 aliphatic rings. The molecular weight excluding hydrogens is 410 g/mol. The molecule has 0 aliphatic carbocycles. The van der Waals surface area contributed by atoms with Crippen LogP contribution in [0.25, 0.3) is 0 Å². The first kappa shape index (κ1) is 24.5. The SMILES string of the molecule is CCCC(S)C(=O)NC(CCc1ccccc1)(C(N)=O)C(=O)NCCc1ccccc1. The highest BCUT2D eigenvalue weighted by molar-refractivity contribution is 7.81. The molecule has 0 spiro atoms. The molecule has 2 aromatic rings. The lowest BCUT2D eigenvalue weighted by atomic mass is 9.88. The van der Waals surface area contributed by atoms with Crippen LogP contribution in [0.5, 0.6) is 0 Å². The van der Waals surface area contributed by atoms with Crippen molar-refractivity contribution in [3.63, 3.8) is 0 Å². The summed E-state index contributed by atoms with van der Waals surface area (Å²) in [5.74, 6) is -1.96. The number of nitrogens with one attached hydrogen (secondary N) is 2. The van der Waals surface area contributed by atoms with Gasteiger partial charge in [-0.1, -0.05) is 74.0 Å². The van der Waals surface area contributed by atoms with E-state index >= 15 is 0 Å². The Kier molecular flexibility index (Phi) is 9.59. The van der Waals surface area contributed by atoms with Crippen LogP contribution in [-0.2, 0) is 27.2 Å². The van der Waals surface area contributed by atoms with Gasteiger partial charge in [0.2, 0.25) is 5.91 Å². The molecule has 166 valence electrons. The number of hydrogen-bond acceptors (Lipinski definition) is 4. The van der Waals surface area contributed by atoms with E-state index < -0.39 is 28.5 Å². The average molecular weight is 442 g/mol. The molecule has 0 heterocycles. The Balaban J connectivity index is 2.18. The van der Waals surface area contributed by atoms with Gasteiger partial charge in [-0.15, -0.1) is 0 Å². The maximum absolute atomic E-state index is 13.2. The summed E-state index contributed by atoms with van der Waals surface area (Å²) in [5, 5.41) is 4.79. The third-order valence-corrected chi connectivity index (χ3v) is 5.68. The van der Waals surface area contributed by atoms with Crippen LogP contribution in [0.4, 0.5) is 0 Å². The summed E-state index contributed by atoms with van der Waals surface area (Å²) in [5.41, 5.74) is 5.85. The fourth-order valence-corrected chi connectivity index (χ4v) is 3.64. The van der Waals surface area contributed by atoms with Crippen LogP contribution >= 0.6 is 12.6 Å². The second-order valence-corrected chi connectivity index (χ2v) is 8.16. The standard InChI is InChI=1S/C24H31N3O3S/c1-2-9-20(31)21(28)27-24(22(25)29,16-14-18-10-5-3-6-11-18)23(30)26-17-15-19-12-7-4-8-13-19/h3-8,10-13,20,31H,2,9,14-17H2,1H3,(H2,25,29)(H,26,30)(H,27,28). The fourth-order valence-electron chi connectivity index (χ4n) is 3.32. The van der Waals surface area contributed by atoms with Crippen molar-refractivity contribution in [2.24, 2.45) is 5.73 Å². The highest BCUT2D eigenvalue weighted by Crippen LogP contribution is 2.18. The molecule has 7 heteroatoms. The largest absolute Gasteiger partial charge is 0.367 e. The summed E-state index contributed by atoms with van der Waals surface area (Å²) in [7, 11) is 0. The highest BCUT2D eigenvalue weighted by atomic mass is 32.1. The van der Waals surface area contributed by atoms with Crippen LogP contribution in [0.15, 0.2) is 60.7 Å². The predicted molar refractivity (Wildman–Crippen MR) is 126 cm³/mol. The zero-order chi connectivity index (χ0) is 22.7. The van der Waals surface area contributed by atoms with Crippen LogP contribution in [0.1, 0.15) is 37.3 Å². The van der Waals surface area contributed by atoms with Crippen molar-refractivity contribution in [1.82, 2.24) is 10.6 Å². The maximum atomic E-state index is 13.2. The first-order valence-corrected chi connectivity index (χ1v) is 11.1. The normalized spacial score (nSPS) is 13.6. The van der Waals surface area contributed by atoms with Crippen molar-refractivity contribution in [1.29, 1.82) is 0 Å². The summed E-state index contributed by atoms with van der Waals surface area (Å²) in [4.78, 5) is 38.4. The minimum atomic E-state index is -1.85. The van der Waals surface area contributed by atoms with Gasteiger partial charge in [-0.05, 0) is 36.8 Å². The average Bonchev–Trinajstić information content (AvgIpc) is 2.77. The number of benzene rings is 2. The van der Waals surface area contributed by atoms with Gasteiger partial charge in [-0.2, -0.15) is 12.6 Å². The maximum Gasteiger partial charge on any atom is 0.255 e. The second-order valence-electron chi connectivity index (χ2n) is 7.54. The highest BCUT2D eigenvalue weighted by Gasteiger charge is 2.46. The number of rotatable bonds is 12. The molecule has 6 nitrogen and oxygen atoms in total.